The van der Waals surface area contributed by atoms with Gasteiger partial charge in [-0.3, -0.25) is 9.69 Å². The Morgan fingerprint density at radius 3 is 2.51 bits per heavy atom. The molecule has 0 radical (unpaired) electrons. The number of rotatable bonds is 6. The molecule has 226 valence electrons. The number of nitrogens with one attached hydrogen (secondary N) is 1. The molecule has 2 aliphatic heterocycles. The molecule has 4 heterocycles. The molecule has 3 N–H and O–H groups in total. The molecule has 0 bridgehead atoms. The van der Waals surface area contributed by atoms with Crippen molar-refractivity contribution < 1.29 is 9.53 Å². The summed E-state index contributed by atoms with van der Waals surface area (Å²) in [6, 6.07) is 13.0. The summed E-state index contributed by atoms with van der Waals surface area (Å²) in [5.41, 5.74) is 7.63. The maximum absolute atomic E-state index is 11.8. The average molecular weight is 586 g/mol. The predicted octanol–water partition coefficient (Wildman–Crippen LogP) is 2.48. The third-order valence-electron chi connectivity index (χ3n) is 9.03. The number of hydrogen-bond acceptors (Lipinski definition) is 11. The van der Waals surface area contributed by atoms with Crippen molar-refractivity contribution in [3.8, 4) is 11.9 Å². The Morgan fingerprint density at radius 1 is 1.05 bits per heavy atom. The average Bonchev–Trinajstić information content (AvgIpc) is 3.23. The number of aromatic nitrogens is 5. The molecule has 0 unspecified atom stereocenters. The van der Waals surface area contributed by atoms with Crippen LogP contribution in [0.5, 0.6) is 0 Å². The first-order valence-electron chi connectivity index (χ1n) is 15.1. The summed E-state index contributed by atoms with van der Waals surface area (Å²) in [5.74, 6) is 1.89. The van der Waals surface area contributed by atoms with Gasteiger partial charge in [0.25, 0.3) is 0 Å². The summed E-state index contributed by atoms with van der Waals surface area (Å²) in [5, 5.41) is 18.0. The van der Waals surface area contributed by atoms with Crippen molar-refractivity contribution in [2.45, 2.75) is 50.5 Å². The minimum absolute atomic E-state index is 0.0893. The number of nitrogens with two attached hydrogens (primary N) is 1. The Morgan fingerprint density at radius 2 is 1.79 bits per heavy atom. The first-order valence-corrected chi connectivity index (χ1v) is 15.1. The Bertz CT molecular complexity index is 1450. The van der Waals surface area contributed by atoms with E-state index in [-0.39, 0.29) is 11.9 Å². The number of nitrogens with zero attached hydrogens (tertiary/aromatic N) is 9. The lowest BCUT2D eigenvalue weighted by molar-refractivity contribution is -0.128. The van der Waals surface area contributed by atoms with E-state index in [1.807, 2.05) is 35.2 Å². The lowest BCUT2D eigenvalue weighted by Gasteiger charge is -2.41. The van der Waals surface area contributed by atoms with Crippen molar-refractivity contribution in [2.75, 3.05) is 68.4 Å². The van der Waals surface area contributed by atoms with Gasteiger partial charge in [-0.1, -0.05) is 12.1 Å². The maximum atomic E-state index is 11.8. The molecule has 13 nitrogen and oxygen atoms in total. The van der Waals surface area contributed by atoms with E-state index in [4.69, 9.17) is 10.5 Å². The number of nitrogen functional groups attached to an aromatic ring is 1. The van der Waals surface area contributed by atoms with Gasteiger partial charge in [0, 0.05) is 64.0 Å². The summed E-state index contributed by atoms with van der Waals surface area (Å²) in [6.45, 7) is 8.04. The molecule has 2 aromatic heterocycles. The number of carbonyl (C=O) groups is 1. The van der Waals surface area contributed by atoms with Gasteiger partial charge in [-0.05, 0) is 49.8 Å². The van der Waals surface area contributed by atoms with E-state index in [0.29, 0.717) is 30.9 Å². The highest BCUT2D eigenvalue weighted by Crippen LogP contribution is 2.41. The van der Waals surface area contributed by atoms with E-state index in [9.17, 15) is 10.1 Å². The molecule has 0 spiro atoms. The minimum Gasteiger partial charge on any atom is -0.379 e. The molecule has 1 saturated carbocycles. The molecule has 1 aliphatic carbocycles. The topological polar surface area (TPSA) is 154 Å². The third-order valence-corrected chi connectivity index (χ3v) is 9.03. The van der Waals surface area contributed by atoms with Gasteiger partial charge in [0.1, 0.15) is 12.1 Å². The van der Waals surface area contributed by atoms with Crippen LogP contribution in [0, 0.1) is 11.3 Å². The van der Waals surface area contributed by atoms with Gasteiger partial charge in [0.2, 0.25) is 17.8 Å². The molecule has 1 aromatic carbocycles. The molecule has 3 fully saturated rings. The number of amides is 1. The zero-order chi connectivity index (χ0) is 29.8. The van der Waals surface area contributed by atoms with Crippen LogP contribution in [0.4, 0.5) is 23.4 Å². The van der Waals surface area contributed by atoms with E-state index in [1.165, 1.54) is 11.0 Å². The molecule has 3 aliphatic rings. The zero-order valence-electron chi connectivity index (χ0n) is 24.7. The number of ether oxygens (including phenoxy) is 1. The van der Waals surface area contributed by atoms with Crippen molar-refractivity contribution in [3.63, 3.8) is 0 Å². The SMILES string of the molecule is CC(=O)N1CCCN(c2cc(-n3nc(Nc4ccc(C5(C#N)CCC(N6CCOCC6)CC5)cc4)nc3N)ncn2)CC1. The summed E-state index contributed by atoms with van der Waals surface area (Å²) in [4.78, 5) is 31.6. The largest absolute Gasteiger partial charge is 0.379 e. The third kappa shape index (κ3) is 6.25. The van der Waals surface area contributed by atoms with Crippen LogP contribution in [0.1, 0.15) is 44.6 Å². The van der Waals surface area contributed by atoms with Gasteiger partial charge >= 0.3 is 0 Å². The van der Waals surface area contributed by atoms with Crippen LogP contribution in [-0.4, -0.2) is 99.0 Å². The van der Waals surface area contributed by atoms with Crippen LogP contribution >= 0.6 is 0 Å². The Labute approximate surface area is 251 Å². The van der Waals surface area contributed by atoms with Crippen LogP contribution in [-0.2, 0) is 14.9 Å². The number of hydrogen-bond donors (Lipinski definition) is 2. The lowest BCUT2D eigenvalue weighted by Crippen LogP contribution is -2.47. The highest BCUT2D eigenvalue weighted by molar-refractivity contribution is 5.73. The number of anilines is 4. The Hall–Kier alpha value is -4.28. The van der Waals surface area contributed by atoms with Crippen LogP contribution < -0.4 is 16.0 Å². The van der Waals surface area contributed by atoms with Gasteiger partial charge < -0.3 is 25.6 Å². The van der Waals surface area contributed by atoms with Crippen LogP contribution in [0.15, 0.2) is 36.7 Å². The monoisotopic (exact) mass is 585 g/mol. The first-order chi connectivity index (χ1) is 20.9. The quantitative estimate of drug-likeness (QED) is 0.438. The highest BCUT2D eigenvalue weighted by Gasteiger charge is 2.39. The lowest BCUT2D eigenvalue weighted by atomic mass is 9.69. The van der Waals surface area contributed by atoms with Gasteiger partial charge in [-0.2, -0.15) is 14.9 Å². The molecular weight excluding hydrogens is 546 g/mol. The van der Waals surface area contributed by atoms with Crippen molar-refractivity contribution in [1.82, 2.24) is 34.5 Å². The predicted molar refractivity (Wildman–Crippen MR) is 162 cm³/mol. The molecule has 0 atom stereocenters. The smallest absolute Gasteiger partial charge is 0.248 e. The second kappa shape index (κ2) is 12.5. The fraction of sp³-hybridized carbons (Fsp3) is 0.533. The maximum Gasteiger partial charge on any atom is 0.248 e. The normalized spacial score (nSPS) is 23.4. The van der Waals surface area contributed by atoms with Crippen LogP contribution in [0.3, 0.4) is 0 Å². The highest BCUT2D eigenvalue weighted by atomic mass is 16.5. The van der Waals surface area contributed by atoms with Gasteiger partial charge in [-0.15, -0.1) is 5.10 Å². The minimum atomic E-state index is -0.464. The Balaban J connectivity index is 1.11. The van der Waals surface area contributed by atoms with Crippen molar-refractivity contribution in [3.05, 3.63) is 42.2 Å². The summed E-state index contributed by atoms with van der Waals surface area (Å²) < 4.78 is 7.00. The first kappa shape index (κ1) is 28.8. The second-order valence-electron chi connectivity index (χ2n) is 11.6. The van der Waals surface area contributed by atoms with E-state index in [2.05, 4.69) is 41.2 Å². The van der Waals surface area contributed by atoms with Crippen molar-refractivity contribution in [1.29, 1.82) is 5.26 Å². The fourth-order valence-corrected chi connectivity index (χ4v) is 6.50. The molecule has 13 heteroatoms. The van der Waals surface area contributed by atoms with Crippen LogP contribution in [0.2, 0.25) is 0 Å². The van der Waals surface area contributed by atoms with E-state index >= 15 is 0 Å². The summed E-state index contributed by atoms with van der Waals surface area (Å²) in [7, 11) is 0. The fourth-order valence-electron chi connectivity index (χ4n) is 6.50. The molecule has 2 saturated heterocycles. The second-order valence-corrected chi connectivity index (χ2v) is 11.6. The summed E-state index contributed by atoms with van der Waals surface area (Å²) in [6.07, 6.45) is 6.11. The van der Waals surface area contributed by atoms with Gasteiger partial charge in [0.15, 0.2) is 5.82 Å². The number of benzene rings is 1. The van der Waals surface area contributed by atoms with Crippen LogP contribution in [0.25, 0.3) is 5.82 Å². The van der Waals surface area contributed by atoms with E-state index in [0.717, 1.165) is 88.6 Å². The zero-order valence-corrected chi connectivity index (χ0v) is 24.7. The Kier molecular flexibility index (Phi) is 8.40. The van der Waals surface area contributed by atoms with E-state index < -0.39 is 5.41 Å². The van der Waals surface area contributed by atoms with Crippen molar-refractivity contribution >= 4 is 29.3 Å². The van der Waals surface area contributed by atoms with Gasteiger partial charge in [0.05, 0.1) is 24.7 Å². The van der Waals surface area contributed by atoms with Crippen molar-refractivity contribution in [2.24, 2.45) is 0 Å². The molecular formula is C30H39N11O2. The standard InChI is InChI=1S/C30H39N11O2/c1-22(42)38-11-2-12-40(14-13-38)26-19-27(34-21-33-26)41-28(32)36-29(37-41)35-24-5-3-23(4-6-24)30(20-31)9-7-25(8-10-30)39-15-17-43-18-16-39/h3-6,19,21,25H,2,7-18H2,1H3,(H3,32,35,36,37). The molecule has 6 rings (SSSR count). The molecule has 1 amide bonds. The van der Waals surface area contributed by atoms with E-state index in [1.54, 1.807) is 6.92 Å². The van der Waals surface area contributed by atoms with Gasteiger partial charge in [-0.25, -0.2) is 9.97 Å². The molecule has 3 aromatic rings. The number of carbonyl (C=O) groups excluding carboxylic acids is 1. The summed E-state index contributed by atoms with van der Waals surface area (Å²) >= 11 is 0. The molecule has 43 heavy (non-hydrogen) atoms. The number of nitriles is 1. The number of morpholine rings is 1.